The zero-order chi connectivity index (χ0) is 15.5. The highest BCUT2D eigenvalue weighted by Gasteiger charge is 2.21. The maximum absolute atomic E-state index is 13.5. The molecule has 1 aliphatic heterocycles. The second kappa shape index (κ2) is 6.53. The molecule has 0 radical (unpaired) electrons. The van der Waals surface area contributed by atoms with Crippen LogP contribution in [-0.2, 0) is 10.0 Å². The van der Waals surface area contributed by atoms with Crippen LogP contribution in [0.4, 0.5) is 4.39 Å². The first-order valence-corrected chi connectivity index (χ1v) is 8.56. The van der Waals surface area contributed by atoms with E-state index in [0.29, 0.717) is 13.1 Å². The summed E-state index contributed by atoms with van der Waals surface area (Å²) in [5.74, 6) is -1.22. The quantitative estimate of drug-likeness (QED) is 0.905. The highest BCUT2D eigenvalue weighted by Crippen LogP contribution is 2.18. The first kappa shape index (κ1) is 15.9. The van der Waals surface area contributed by atoms with Crippen LogP contribution in [0.1, 0.15) is 42.5 Å². The lowest BCUT2D eigenvalue weighted by molar-refractivity contribution is 0.0742. The Morgan fingerprint density at radius 1 is 1.10 bits per heavy atom. The number of amides is 1. The summed E-state index contributed by atoms with van der Waals surface area (Å²) in [5, 5.41) is 4.96. The molecule has 0 atom stereocenters. The van der Waals surface area contributed by atoms with Crippen LogP contribution in [0.2, 0.25) is 0 Å². The van der Waals surface area contributed by atoms with E-state index in [1.807, 2.05) is 0 Å². The standard InChI is InChI=1S/C14H19FN2O3S/c15-12-7-6-11(10-13(12)21(16,19)20)14(18)17-8-4-2-1-3-5-9-17/h6-7,10H,1-5,8-9H2,(H2,16,19,20). The molecule has 7 heteroatoms. The summed E-state index contributed by atoms with van der Waals surface area (Å²) < 4.78 is 36.1. The van der Waals surface area contributed by atoms with Crippen molar-refractivity contribution in [2.24, 2.45) is 5.14 Å². The molecule has 0 bridgehead atoms. The van der Waals surface area contributed by atoms with Crippen LogP contribution in [-0.4, -0.2) is 32.3 Å². The number of benzene rings is 1. The van der Waals surface area contributed by atoms with Gasteiger partial charge >= 0.3 is 0 Å². The average molecular weight is 314 g/mol. The third kappa shape index (κ3) is 4.01. The fourth-order valence-corrected chi connectivity index (χ4v) is 3.12. The molecular weight excluding hydrogens is 295 g/mol. The van der Waals surface area contributed by atoms with Gasteiger partial charge in [-0.05, 0) is 31.0 Å². The number of nitrogens with zero attached hydrogens (tertiary/aromatic N) is 1. The highest BCUT2D eigenvalue weighted by atomic mass is 32.2. The van der Waals surface area contributed by atoms with Gasteiger partial charge in [0.25, 0.3) is 5.91 Å². The summed E-state index contributed by atoms with van der Waals surface area (Å²) in [6, 6.07) is 3.29. The van der Waals surface area contributed by atoms with Gasteiger partial charge in [-0.1, -0.05) is 19.3 Å². The first-order chi connectivity index (χ1) is 9.89. The summed E-state index contributed by atoms with van der Waals surface area (Å²) in [5.41, 5.74) is 0.154. The van der Waals surface area contributed by atoms with Crippen molar-refractivity contribution in [3.05, 3.63) is 29.6 Å². The van der Waals surface area contributed by atoms with E-state index in [-0.39, 0.29) is 11.5 Å². The van der Waals surface area contributed by atoms with Crippen molar-refractivity contribution < 1.29 is 17.6 Å². The van der Waals surface area contributed by atoms with E-state index >= 15 is 0 Å². The molecule has 0 aliphatic carbocycles. The number of halogens is 1. The Balaban J connectivity index is 2.26. The van der Waals surface area contributed by atoms with Crippen LogP contribution >= 0.6 is 0 Å². The van der Waals surface area contributed by atoms with Gasteiger partial charge in [-0.3, -0.25) is 4.79 Å². The van der Waals surface area contributed by atoms with Crippen LogP contribution in [0.5, 0.6) is 0 Å². The lowest BCUT2D eigenvalue weighted by Crippen LogP contribution is -2.34. The molecule has 1 aliphatic rings. The molecule has 2 N–H and O–H groups in total. The molecule has 1 aromatic carbocycles. The van der Waals surface area contributed by atoms with Crippen molar-refractivity contribution >= 4 is 15.9 Å². The van der Waals surface area contributed by atoms with E-state index in [2.05, 4.69) is 0 Å². The minimum Gasteiger partial charge on any atom is -0.339 e. The van der Waals surface area contributed by atoms with Gasteiger partial charge in [-0.25, -0.2) is 17.9 Å². The predicted octanol–water partition coefficient (Wildman–Crippen LogP) is 1.88. The van der Waals surface area contributed by atoms with E-state index < -0.39 is 20.7 Å². The van der Waals surface area contributed by atoms with Crippen LogP contribution < -0.4 is 5.14 Å². The molecule has 5 nitrogen and oxygen atoms in total. The summed E-state index contributed by atoms with van der Waals surface area (Å²) in [6.07, 6.45) is 5.18. The van der Waals surface area contributed by atoms with Crippen LogP contribution in [0.25, 0.3) is 0 Å². The molecule has 116 valence electrons. The summed E-state index contributed by atoms with van der Waals surface area (Å²) >= 11 is 0. The number of nitrogens with two attached hydrogens (primary N) is 1. The van der Waals surface area contributed by atoms with E-state index in [9.17, 15) is 17.6 Å². The number of rotatable bonds is 2. The number of carbonyl (C=O) groups excluding carboxylic acids is 1. The number of likely N-dealkylation sites (tertiary alicyclic amines) is 1. The van der Waals surface area contributed by atoms with Gasteiger partial charge in [0.2, 0.25) is 10.0 Å². The lowest BCUT2D eigenvalue weighted by Gasteiger charge is -2.25. The average Bonchev–Trinajstić information content (AvgIpc) is 2.36. The topological polar surface area (TPSA) is 80.5 Å². The van der Waals surface area contributed by atoms with Crippen molar-refractivity contribution in [1.29, 1.82) is 0 Å². The molecule has 1 saturated heterocycles. The van der Waals surface area contributed by atoms with E-state index in [1.165, 1.54) is 12.5 Å². The molecular formula is C14H19FN2O3S. The molecule has 1 heterocycles. The third-order valence-electron chi connectivity index (χ3n) is 3.63. The minimum absolute atomic E-state index is 0.154. The van der Waals surface area contributed by atoms with Crippen molar-refractivity contribution in [3.63, 3.8) is 0 Å². The molecule has 0 saturated carbocycles. The maximum atomic E-state index is 13.5. The predicted molar refractivity (Wildman–Crippen MR) is 76.8 cm³/mol. The monoisotopic (exact) mass is 314 g/mol. The largest absolute Gasteiger partial charge is 0.339 e. The molecule has 0 spiro atoms. The molecule has 0 aromatic heterocycles. The number of hydrogen-bond acceptors (Lipinski definition) is 3. The van der Waals surface area contributed by atoms with E-state index in [0.717, 1.165) is 37.8 Å². The Morgan fingerprint density at radius 3 is 2.24 bits per heavy atom. The van der Waals surface area contributed by atoms with Crippen molar-refractivity contribution in [2.45, 2.75) is 37.0 Å². The lowest BCUT2D eigenvalue weighted by atomic mass is 10.1. The van der Waals surface area contributed by atoms with Crippen LogP contribution in [0, 0.1) is 5.82 Å². The van der Waals surface area contributed by atoms with Crippen molar-refractivity contribution in [2.75, 3.05) is 13.1 Å². The number of primary sulfonamides is 1. The second-order valence-corrected chi connectivity index (χ2v) is 6.78. The molecule has 1 aromatic rings. The number of sulfonamides is 1. The van der Waals surface area contributed by atoms with Gasteiger partial charge in [0, 0.05) is 18.7 Å². The van der Waals surface area contributed by atoms with Gasteiger partial charge in [-0.2, -0.15) is 0 Å². The number of carbonyl (C=O) groups is 1. The molecule has 0 unspecified atom stereocenters. The fourth-order valence-electron chi connectivity index (χ4n) is 2.49. The van der Waals surface area contributed by atoms with Gasteiger partial charge in [-0.15, -0.1) is 0 Å². The van der Waals surface area contributed by atoms with Crippen molar-refractivity contribution in [1.82, 2.24) is 4.90 Å². The summed E-state index contributed by atoms with van der Waals surface area (Å²) in [6.45, 7) is 1.28. The Labute approximate surface area is 124 Å². The van der Waals surface area contributed by atoms with Crippen LogP contribution in [0.3, 0.4) is 0 Å². The van der Waals surface area contributed by atoms with Crippen LogP contribution in [0.15, 0.2) is 23.1 Å². The van der Waals surface area contributed by atoms with E-state index in [1.54, 1.807) is 4.90 Å². The van der Waals surface area contributed by atoms with Gasteiger partial charge < -0.3 is 4.90 Å². The zero-order valence-electron chi connectivity index (χ0n) is 11.7. The second-order valence-electron chi connectivity index (χ2n) is 5.25. The third-order valence-corrected chi connectivity index (χ3v) is 4.55. The zero-order valence-corrected chi connectivity index (χ0v) is 12.5. The SMILES string of the molecule is NS(=O)(=O)c1cc(C(=O)N2CCCCCCC2)ccc1F. The molecule has 1 amide bonds. The van der Waals surface area contributed by atoms with Gasteiger partial charge in [0.05, 0.1) is 0 Å². The smallest absolute Gasteiger partial charge is 0.253 e. The molecule has 1 fully saturated rings. The van der Waals surface area contributed by atoms with Gasteiger partial charge in [0.15, 0.2) is 0 Å². The van der Waals surface area contributed by atoms with E-state index in [4.69, 9.17) is 5.14 Å². The van der Waals surface area contributed by atoms with Crippen molar-refractivity contribution in [3.8, 4) is 0 Å². The highest BCUT2D eigenvalue weighted by molar-refractivity contribution is 7.89. The Morgan fingerprint density at radius 2 is 1.67 bits per heavy atom. The Bertz CT molecular complexity index is 623. The number of hydrogen-bond donors (Lipinski definition) is 1. The molecule has 21 heavy (non-hydrogen) atoms. The molecule has 2 rings (SSSR count). The summed E-state index contributed by atoms with van der Waals surface area (Å²) in [4.78, 5) is 13.5. The Hall–Kier alpha value is -1.47. The first-order valence-electron chi connectivity index (χ1n) is 7.01. The summed E-state index contributed by atoms with van der Waals surface area (Å²) in [7, 11) is -4.18. The normalized spacial score (nSPS) is 17.1. The maximum Gasteiger partial charge on any atom is 0.253 e. The fraction of sp³-hybridized carbons (Fsp3) is 0.500. The minimum atomic E-state index is -4.18. The van der Waals surface area contributed by atoms with Gasteiger partial charge in [0.1, 0.15) is 10.7 Å². The Kier molecular flexibility index (Phi) is 4.95.